The summed E-state index contributed by atoms with van der Waals surface area (Å²) in [7, 11) is -0.0640. The van der Waals surface area contributed by atoms with Gasteiger partial charge in [0.15, 0.2) is 5.78 Å². The van der Waals surface area contributed by atoms with Crippen molar-refractivity contribution in [2.45, 2.75) is 30.6 Å². The minimum Gasteiger partial charge on any atom is -0.389 e. The van der Waals surface area contributed by atoms with E-state index >= 15 is 0 Å². The molecule has 1 aromatic carbocycles. The molecule has 0 saturated carbocycles. The maximum atomic E-state index is 13.0. The predicted molar refractivity (Wildman–Crippen MR) is 116 cm³/mol. The molecule has 10 heteroatoms. The van der Waals surface area contributed by atoms with E-state index in [-0.39, 0.29) is 22.6 Å². The fraction of sp³-hybridized carbons (Fsp3) is 0.400. The molecule has 3 rings (SSSR count). The average Bonchev–Trinajstić information content (AvgIpc) is 3.19. The van der Waals surface area contributed by atoms with Gasteiger partial charge in [-0.15, -0.1) is 11.3 Å². The third-order valence-electron chi connectivity index (χ3n) is 4.95. The Labute approximate surface area is 180 Å². The van der Waals surface area contributed by atoms with Crippen LogP contribution >= 0.6 is 11.3 Å². The van der Waals surface area contributed by atoms with E-state index < -0.39 is 28.5 Å². The number of benzene rings is 1. The van der Waals surface area contributed by atoms with Crippen LogP contribution in [-0.2, 0) is 21.4 Å². The summed E-state index contributed by atoms with van der Waals surface area (Å²) in [4.78, 5) is 26.6. The molecule has 2 N–H and O–H groups in total. The zero-order valence-electron chi connectivity index (χ0n) is 17.2. The minimum atomic E-state index is -3.88. The summed E-state index contributed by atoms with van der Waals surface area (Å²) < 4.78 is 27.3. The van der Waals surface area contributed by atoms with Gasteiger partial charge >= 0.3 is 0 Å². The normalized spacial score (nSPS) is 16.3. The lowest BCUT2D eigenvalue weighted by molar-refractivity contribution is -0.126. The van der Waals surface area contributed by atoms with Gasteiger partial charge in [-0.25, -0.2) is 8.42 Å². The molecule has 0 fully saturated rings. The van der Waals surface area contributed by atoms with E-state index in [1.165, 1.54) is 0 Å². The quantitative estimate of drug-likeness (QED) is 0.668. The van der Waals surface area contributed by atoms with E-state index in [1.54, 1.807) is 32.0 Å². The third-order valence-corrected chi connectivity index (χ3v) is 8.42. The number of Topliss-reactive ketones (excluding diaryl/α,β-unsaturated/α-hetero) is 1. The van der Waals surface area contributed by atoms with Crippen molar-refractivity contribution in [2.75, 3.05) is 30.9 Å². The number of ketones is 1. The minimum absolute atomic E-state index is 0.0379. The molecule has 2 aromatic rings. The number of anilines is 2. The Morgan fingerprint density at radius 1 is 1.23 bits per heavy atom. The summed E-state index contributed by atoms with van der Waals surface area (Å²) >= 11 is 0.969. The Bertz CT molecular complexity index is 1060. The van der Waals surface area contributed by atoms with Crippen LogP contribution in [0.1, 0.15) is 29.8 Å². The van der Waals surface area contributed by atoms with Crippen LogP contribution in [0.3, 0.4) is 0 Å². The van der Waals surface area contributed by atoms with Gasteiger partial charge in [-0.05, 0) is 36.2 Å². The van der Waals surface area contributed by atoms with E-state index in [1.807, 2.05) is 31.1 Å². The number of aliphatic hydroxyl groups excluding tert-OH is 1. The van der Waals surface area contributed by atoms with Gasteiger partial charge < -0.3 is 15.3 Å². The molecule has 162 valence electrons. The molecule has 1 aliphatic rings. The molecule has 1 aliphatic heterocycles. The Morgan fingerprint density at radius 3 is 2.37 bits per heavy atom. The SMILES string of the molecule is CC(C)[C@H](C(=O)CO)N1Cc2cc(NC(=O)c3ccc(N(C)C)cc3)sc2S1(=O)=O. The second kappa shape index (κ2) is 8.46. The highest BCUT2D eigenvalue weighted by Crippen LogP contribution is 2.41. The summed E-state index contributed by atoms with van der Waals surface area (Å²) in [6, 6.07) is 7.78. The largest absolute Gasteiger partial charge is 0.389 e. The molecule has 1 aromatic heterocycles. The number of carbonyl (C=O) groups excluding carboxylic acids is 2. The molecule has 2 heterocycles. The molecule has 30 heavy (non-hydrogen) atoms. The van der Waals surface area contributed by atoms with E-state index in [0.29, 0.717) is 16.1 Å². The number of nitrogens with one attached hydrogen (secondary N) is 1. The first-order valence-corrected chi connectivity index (χ1v) is 11.7. The number of rotatable bonds is 7. The summed E-state index contributed by atoms with van der Waals surface area (Å²) in [5.41, 5.74) is 1.96. The van der Waals surface area contributed by atoms with Gasteiger partial charge in [-0.2, -0.15) is 4.31 Å². The maximum absolute atomic E-state index is 13.0. The molecule has 0 bridgehead atoms. The standard InChI is InChI=1S/C20H25N3O5S2/c1-12(2)18(16(25)11-24)23-10-14-9-17(29-20(14)30(23,27)28)21-19(26)13-5-7-15(8-6-13)22(3)4/h5-9,12,18,24H,10-11H2,1-4H3,(H,21,26)/t18-/m1/s1. The Kier molecular flexibility index (Phi) is 6.32. The summed E-state index contributed by atoms with van der Waals surface area (Å²) in [6.07, 6.45) is 0. The summed E-state index contributed by atoms with van der Waals surface area (Å²) in [5.74, 6) is -1.14. The van der Waals surface area contributed by atoms with E-state index in [4.69, 9.17) is 0 Å². The number of aliphatic hydroxyl groups is 1. The number of nitrogens with zero attached hydrogens (tertiary/aromatic N) is 2. The summed E-state index contributed by atoms with van der Waals surface area (Å²) in [6.45, 7) is 2.81. The van der Waals surface area contributed by atoms with Crippen molar-refractivity contribution in [3.63, 3.8) is 0 Å². The van der Waals surface area contributed by atoms with Crippen LogP contribution in [-0.4, -0.2) is 56.3 Å². The van der Waals surface area contributed by atoms with Crippen molar-refractivity contribution in [3.05, 3.63) is 41.5 Å². The first kappa shape index (κ1) is 22.4. The zero-order valence-corrected chi connectivity index (χ0v) is 18.9. The predicted octanol–water partition coefficient (Wildman–Crippen LogP) is 2.16. The Balaban J connectivity index is 1.80. The van der Waals surface area contributed by atoms with Gasteiger partial charge in [0.1, 0.15) is 10.8 Å². The Hall–Kier alpha value is -2.27. The molecular weight excluding hydrogens is 426 g/mol. The van der Waals surface area contributed by atoms with Crippen LogP contribution in [0.2, 0.25) is 0 Å². The van der Waals surface area contributed by atoms with Crippen molar-refractivity contribution in [2.24, 2.45) is 5.92 Å². The van der Waals surface area contributed by atoms with Gasteiger partial charge in [-0.3, -0.25) is 9.59 Å². The number of fused-ring (bicyclic) bond motifs is 1. The molecule has 0 unspecified atom stereocenters. The van der Waals surface area contributed by atoms with Crippen molar-refractivity contribution >= 4 is 43.7 Å². The lowest BCUT2D eigenvalue weighted by Gasteiger charge is -2.27. The monoisotopic (exact) mass is 451 g/mol. The molecule has 0 saturated heterocycles. The number of hydrogen-bond donors (Lipinski definition) is 2. The van der Waals surface area contributed by atoms with E-state index in [2.05, 4.69) is 5.32 Å². The maximum Gasteiger partial charge on any atom is 0.256 e. The van der Waals surface area contributed by atoms with Crippen molar-refractivity contribution in [3.8, 4) is 0 Å². The third kappa shape index (κ3) is 4.13. The molecule has 0 radical (unpaired) electrons. The molecular formula is C20H25N3O5S2. The van der Waals surface area contributed by atoms with Crippen molar-refractivity contribution in [1.29, 1.82) is 0 Å². The fourth-order valence-corrected chi connectivity index (χ4v) is 6.88. The molecule has 1 amide bonds. The van der Waals surface area contributed by atoms with Crippen LogP contribution in [0.15, 0.2) is 34.5 Å². The number of carbonyl (C=O) groups is 2. The van der Waals surface area contributed by atoms with Crippen LogP contribution in [0, 0.1) is 5.92 Å². The smallest absolute Gasteiger partial charge is 0.256 e. The van der Waals surface area contributed by atoms with Gasteiger partial charge in [0.05, 0.1) is 11.0 Å². The number of amides is 1. The fourth-order valence-electron chi connectivity index (χ4n) is 3.46. The number of sulfonamides is 1. The topological polar surface area (TPSA) is 107 Å². The average molecular weight is 452 g/mol. The van der Waals surface area contributed by atoms with E-state index in [0.717, 1.165) is 21.3 Å². The lowest BCUT2D eigenvalue weighted by Crippen LogP contribution is -2.46. The van der Waals surface area contributed by atoms with Crippen LogP contribution in [0.25, 0.3) is 0 Å². The van der Waals surface area contributed by atoms with Crippen LogP contribution in [0.5, 0.6) is 0 Å². The van der Waals surface area contributed by atoms with Crippen LogP contribution in [0.4, 0.5) is 10.7 Å². The second-order valence-corrected chi connectivity index (χ2v) is 10.8. The lowest BCUT2D eigenvalue weighted by atomic mass is 10.00. The highest BCUT2D eigenvalue weighted by molar-refractivity contribution is 7.91. The molecule has 1 atom stereocenters. The van der Waals surface area contributed by atoms with E-state index in [9.17, 15) is 23.1 Å². The van der Waals surface area contributed by atoms with Gasteiger partial charge in [-0.1, -0.05) is 13.8 Å². The molecule has 0 aliphatic carbocycles. The molecule has 8 nitrogen and oxygen atoms in total. The van der Waals surface area contributed by atoms with Gasteiger partial charge in [0.2, 0.25) is 0 Å². The first-order chi connectivity index (χ1) is 14.1. The first-order valence-electron chi connectivity index (χ1n) is 9.43. The van der Waals surface area contributed by atoms with Gasteiger partial charge in [0.25, 0.3) is 15.9 Å². The zero-order chi connectivity index (χ0) is 22.2. The highest BCUT2D eigenvalue weighted by Gasteiger charge is 2.44. The van der Waals surface area contributed by atoms with Gasteiger partial charge in [0, 0.05) is 37.5 Å². The highest BCUT2D eigenvalue weighted by atomic mass is 32.2. The van der Waals surface area contributed by atoms with Crippen LogP contribution < -0.4 is 10.2 Å². The van der Waals surface area contributed by atoms with Crippen molar-refractivity contribution < 1.29 is 23.1 Å². The second-order valence-electron chi connectivity index (χ2n) is 7.68. The van der Waals surface area contributed by atoms with Crippen molar-refractivity contribution in [1.82, 2.24) is 4.31 Å². The Morgan fingerprint density at radius 2 is 1.87 bits per heavy atom. The number of hydrogen-bond acceptors (Lipinski definition) is 7. The summed E-state index contributed by atoms with van der Waals surface area (Å²) in [5, 5.41) is 12.4. The number of thiophene rings is 1. The molecule has 0 spiro atoms.